The quantitative estimate of drug-likeness (QED) is 0.492. The van der Waals surface area contributed by atoms with Crippen molar-refractivity contribution in [2.45, 2.75) is 12.5 Å². The number of rotatable bonds is 4. The molecule has 0 unspecified atom stereocenters. The van der Waals surface area contributed by atoms with Gasteiger partial charge in [-0.15, -0.1) is 0 Å². The second-order valence-corrected chi connectivity index (χ2v) is 4.03. The largest absolute Gasteiger partial charge is 0.372 e. The highest BCUT2D eigenvalue weighted by Gasteiger charge is 2.20. The zero-order chi connectivity index (χ0) is 13.7. The topological polar surface area (TPSA) is 103 Å². The molecule has 6 heteroatoms. The maximum atomic E-state index is 11.5. The summed E-state index contributed by atoms with van der Waals surface area (Å²) < 4.78 is 0. The van der Waals surface area contributed by atoms with E-state index in [1.165, 1.54) is 0 Å². The minimum absolute atomic E-state index is 0.331. The summed E-state index contributed by atoms with van der Waals surface area (Å²) in [7, 11) is 0. The molecule has 0 aliphatic rings. The van der Waals surface area contributed by atoms with Crippen LogP contribution < -0.4 is 11.7 Å². The number of carbonyl (C=O) groups excluding carboxylic acids is 1. The monoisotopic (exact) mass is 258 g/mol. The number of benzene rings is 2. The molecule has 1 atom stereocenters. The van der Waals surface area contributed by atoms with Crippen molar-refractivity contribution in [3.63, 3.8) is 0 Å². The summed E-state index contributed by atoms with van der Waals surface area (Å²) in [6.45, 7) is 0. The molecule has 2 rings (SSSR count). The highest BCUT2D eigenvalue weighted by Crippen LogP contribution is 2.20. The van der Waals surface area contributed by atoms with Gasteiger partial charge >= 0.3 is 5.97 Å². The van der Waals surface area contributed by atoms with E-state index in [0.29, 0.717) is 6.42 Å². The second kappa shape index (κ2) is 5.92. The van der Waals surface area contributed by atoms with E-state index in [-0.39, 0.29) is 0 Å². The Hall–Kier alpha value is -2.47. The van der Waals surface area contributed by atoms with Gasteiger partial charge in [0.25, 0.3) is 0 Å². The van der Waals surface area contributed by atoms with Crippen molar-refractivity contribution in [3.05, 3.63) is 48.0 Å². The first-order valence-corrected chi connectivity index (χ1v) is 5.73. The average Bonchev–Trinajstić information content (AvgIpc) is 2.46. The Kier molecular flexibility index (Phi) is 4.04. The molecule has 2 aromatic rings. The summed E-state index contributed by atoms with van der Waals surface area (Å²) in [6.07, 6.45) is 0.331. The highest BCUT2D eigenvalue weighted by atomic mass is 16.7. The Labute approximate surface area is 110 Å². The molecular formula is C13H14N4O2. The van der Waals surface area contributed by atoms with E-state index in [2.05, 4.69) is 15.2 Å². The Bertz CT molecular complexity index is 607. The molecule has 6 nitrogen and oxygen atoms in total. The number of fused-ring (bicyclic) bond motifs is 1. The molecule has 0 amide bonds. The van der Waals surface area contributed by atoms with Crippen LogP contribution in [0.25, 0.3) is 10.8 Å². The van der Waals surface area contributed by atoms with Gasteiger partial charge in [-0.25, -0.2) is 4.79 Å². The molecule has 0 bridgehead atoms. The Morgan fingerprint density at radius 1 is 1.21 bits per heavy atom. The van der Waals surface area contributed by atoms with E-state index in [0.717, 1.165) is 16.3 Å². The molecule has 0 saturated carbocycles. The summed E-state index contributed by atoms with van der Waals surface area (Å²) in [5.41, 5.74) is 0.959. The minimum atomic E-state index is -0.833. The number of nitrogens with two attached hydrogens (primary N) is 2. The van der Waals surface area contributed by atoms with Gasteiger partial charge in [0.1, 0.15) is 0 Å². The van der Waals surface area contributed by atoms with E-state index in [1.54, 1.807) is 0 Å². The first-order valence-electron chi connectivity index (χ1n) is 5.73. The van der Waals surface area contributed by atoms with Crippen LogP contribution in [-0.4, -0.2) is 12.0 Å². The van der Waals surface area contributed by atoms with Gasteiger partial charge in [0.15, 0.2) is 6.04 Å². The van der Waals surface area contributed by atoms with E-state index in [1.807, 2.05) is 42.5 Å². The van der Waals surface area contributed by atoms with Crippen molar-refractivity contribution < 1.29 is 9.63 Å². The number of carbonyl (C=O) groups is 1. The zero-order valence-electron chi connectivity index (χ0n) is 10.2. The first kappa shape index (κ1) is 13.0. The van der Waals surface area contributed by atoms with Crippen LogP contribution in [0.1, 0.15) is 5.56 Å². The van der Waals surface area contributed by atoms with Gasteiger partial charge in [-0.05, 0) is 16.3 Å². The maximum Gasteiger partial charge on any atom is 0.351 e. The molecule has 0 fully saturated rings. The molecule has 98 valence electrons. The third kappa shape index (κ3) is 2.86. The van der Waals surface area contributed by atoms with Crippen LogP contribution >= 0.6 is 0 Å². The fourth-order valence-corrected chi connectivity index (χ4v) is 2.01. The van der Waals surface area contributed by atoms with Crippen LogP contribution in [-0.2, 0) is 16.1 Å². The smallest absolute Gasteiger partial charge is 0.351 e. The summed E-state index contributed by atoms with van der Waals surface area (Å²) >= 11 is 0. The fraction of sp³-hybridized carbons (Fsp3) is 0.154. The highest BCUT2D eigenvalue weighted by molar-refractivity contribution is 5.86. The molecule has 0 radical (unpaired) electrons. The number of nitrogens with zero attached hydrogens (tertiary/aromatic N) is 2. The lowest BCUT2D eigenvalue weighted by molar-refractivity contribution is -0.145. The summed E-state index contributed by atoms with van der Waals surface area (Å²) in [6, 6.07) is 12.9. The van der Waals surface area contributed by atoms with Gasteiger partial charge in [0, 0.05) is 6.42 Å². The summed E-state index contributed by atoms with van der Waals surface area (Å²) in [5.74, 6) is 9.21. The van der Waals surface area contributed by atoms with Crippen LogP contribution in [0.2, 0.25) is 0 Å². The summed E-state index contributed by atoms with van der Waals surface area (Å²) in [4.78, 5) is 15.7. The van der Waals surface area contributed by atoms with E-state index in [9.17, 15) is 4.79 Å². The van der Waals surface area contributed by atoms with Crippen molar-refractivity contribution in [2.24, 2.45) is 22.1 Å². The van der Waals surface area contributed by atoms with Gasteiger partial charge in [-0.3, -0.25) is 0 Å². The maximum absolute atomic E-state index is 11.5. The lowest BCUT2D eigenvalue weighted by Gasteiger charge is -2.10. The average molecular weight is 258 g/mol. The Morgan fingerprint density at radius 3 is 2.68 bits per heavy atom. The molecule has 4 N–H and O–H groups in total. The first-order chi connectivity index (χ1) is 9.26. The SMILES string of the molecule is NN=N[C@@H](Cc1cccc2ccccc12)C(=O)ON. The van der Waals surface area contributed by atoms with Crippen LogP contribution in [0.3, 0.4) is 0 Å². The molecule has 0 saturated heterocycles. The van der Waals surface area contributed by atoms with Crippen LogP contribution in [0.5, 0.6) is 0 Å². The van der Waals surface area contributed by atoms with E-state index in [4.69, 9.17) is 11.7 Å². The fourth-order valence-electron chi connectivity index (χ4n) is 2.01. The standard InChI is InChI=1S/C13H14N4O2/c14-17-16-12(13(18)19-15)8-10-6-3-5-9-4-1-2-7-11(9)10/h1-7,12H,8,15H2,(H2,14,16)/t12-/m0/s1. The number of hydrogen-bond donors (Lipinski definition) is 2. The predicted octanol–water partition coefficient (Wildman–Crippen LogP) is 1.49. The van der Waals surface area contributed by atoms with Crippen molar-refractivity contribution in [2.75, 3.05) is 0 Å². The Morgan fingerprint density at radius 2 is 1.95 bits per heavy atom. The zero-order valence-corrected chi connectivity index (χ0v) is 10.2. The van der Waals surface area contributed by atoms with Crippen LogP contribution in [0.15, 0.2) is 52.8 Å². The van der Waals surface area contributed by atoms with Gasteiger partial charge in [0.05, 0.1) is 0 Å². The molecular weight excluding hydrogens is 244 g/mol. The van der Waals surface area contributed by atoms with Crippen molar-refractivity contribution >= 4 is 16.7 Å². The van der Waals surface area contributed by atoms with Gasteiger partial charge in [0.2, 0.25) is 0 Å². The minimum Gasteiger partial charge on any atom is -0.372 e. The van der Waals surface area contributed by atoms with Crippen molar-refractivity contribution in [3.8, 4) is 0 Å². The van der Waals surface area contributed by atoms with E-state index >= 15 is 0 Å². The lowest BCUT2D eigenvalue weighted by atomic mass is 9.99. The molecule has 0 aromatic heterocycles. The van der Waals surface area contributed by atoms with Crippen molar-refractivity contribution in [1.82, 2.24) is 0 Å². The molecule has 19 heavy (non-hydrogen) atoms. The van der Waals surface area contributed by atoms with Crippen LogP contribution in [0, 0.1) is 0 Å². The van der Waals surface area contributed by atoms with Gasteiger partial charge in [-0.1, -0.05) is 47.7 Å². The summed E-state index contributed by atoms with van der Waals surface area (Å²) in [5, 5.41) is 8.93. The normalized spacial score (nSPS) is 12.7. The van der Waals surface area contributed by atoms with Crippen LogP contribution in [0.4, 0.5) is 0 Å². The lowest BCUT2D eigenvalue weighted by Crippen LogP contribution is -2.26. The van der Waals surface area contributed by atoms with E-state index < -0.39 is 12.0 Å². The number of hydrogen-bond acceptors (Lipinski definition) is 5. The van der Waals surface area contributed by atoms with Crippen molar-refractivity contribution in [1.29, 1.82) is 0 Å². The molecule has 0 aliphatic carbocycles. The Balaban J connectivity index is 2.36. The van der Waals surface area contributed by atoms with Gasteiger partial charge < -0.3 is 10.7 Å². The third-order valence-electron chi connectivity index (χ3n) is 2.89. The molecule has 0 heterocycles. The predicted molar refractivity (Wildman–Crippen MR) is 70.8 cm³/mol. The second-order valence-electron chi connectivity index (χ2n) is 4.03. The molecule has 0 spiro atoms. The molecule has 2 aromatic carbocycles. The van der Waals surface area contributed by atoms with Gasteiger partial charge in [-0.2, -0.15) is 11.0 Å². The molecule has 0 aliphatic heterocycles. The third-order valence-corrected chi connectivity index (χ3v) is 2.89.